The summed E-state index contributed by atoms with van der Waals surface area (Å²) in [5, 5.41) is 0.499. The monoisotopic (exact) mass is 406 g/mol. The Morgan fingerprint density at radius 3 is 2.46 bits per heavy atom. The molecule has 2 aromatic rings. The number of benzene rings is 1. The second-order valence-electron chi connectivity index (χ2n) is 5.79. The molecule has 5 nitrogen and oxygen atoms in total. The molecule has 1 fully saturated rings. The lowest BCUT2D eigenvalue weighted by Crippen LogP contribution is -2.56. The number of hydrogen-bond donors (Lipinski definition) is 0. The van der Waals surface area contributed by atoms with E-state index in [9.17, 15) is 21.6 Å². The summed E-state index contributed by atoms with van der Waals surface area (Å²) >= 11 is 5.76. The van der Waals surface area contributed by atoms with Gasteiger partial charge in [-0.05, 0) is 29.8 Å². The van der Waals surface area contributed by atoms with Crippen molar-refractivity contribution >= 4 is 21.6 Å². The van der Waals surface area contributed by atoms with Crippen LogP contribution in [0.15, 0.2) is 42.6 Å². The van der Waals surface area contributed by atoms with Crippen LogP contribution in [0.4, 0.5) is 13.2 Å². The van der Waals surface area contributed by atoms with E-state index >= 15 is 0 Å². The number of pyridine rings is 1. The van der Waals surface area contributed by atoms with E-state index in [1.54, 1.807) is 24.3 Å². The molecule has 0 spiro atoms. The van der Waals surface area contributed by atoms with Gasteiger partial charge in [-0.3, -0.25) is 0 Å². The number of hydrogen-bond acceptors (Lipinski definition) is 4. The number of rotatable bonds is 5. The maximum Gasteiger partial charge on any atom is 0.421 e. The third-order valence-electron chi connectivity index (χ3n) is 3.83. The summed E-state index contributed by atoms with van der Waals surface area (Å²) in [6.45, 7) is -0.0480. The minimum Gasteiger partial charge on any atom is -0.471 e. The molecule has 0 radical (unpaired) electrons. The zero-order chi connectivity index (χ0) is 18.9. The van der Waals surface area contributed by atoms with Crippen LogP contribution in [-0.4, -0.2) is 36.9 Å². The summed E-state index contributed by atoms with van der Waals surface area (Å²) < 4.78 is 69.8. The fourth-order valence-electron chi connectivity index (χ4n) is 2.44. The molecule has 0 aliphatic carbocycles. The summed E-state index contributed by atoms with van der Waals surface area (Å²) in [6, 6.07) is 8.44. The Morgan fingerprint density at radius 1 is 1.19 bits per heavy atom. The summed E-state index contributed by atoms with van der Waals surface area (Å²) in [7, 11) is -3.59. The molecule has 2 heterocycles. The second kappa shape index (κ2) is 7.05. The van der Waals surface area contributed by atoms with Crippen LogP contribution in [0.25, 0.3) is 0 Å². The number of alkyl halides is 3. The van der Waals surface area contributed by atoms with Crippen LogP contribution in [0.3, 0.4) is 0 Å². The maximum atomic E-state index is 12.9. The fraction of sp³-hybridized carbons (Fsp3) is 0.312. The van der Waals surface area contributed by atoms with Crippen LogP contribution in [0.1, 0.15) is 11.1 Å². The third kappa shape index (κ3) is 4.28. The lowest BCUT2D eigenvalue weighted by Gasteiger charge is -2.37. The first-order chi connectivity index (χ1) is 12.1. The molecule has 1 aromatic heterocycles. The maximum absolute atomic E-state index is 12.9. The third-order valence-corrected chi connectivity index (χ3v) is 5.86. The summed E-state index contributed by atoms with van der Waals surface area (Å²) in [5.41, 5.74) is -0.412. The van der Waals surface area contributed by atoms with Gasteiger partial charge in [0.1, 0.15) is 11.7 Å². The topological polar surface area (TPSA) is 59.5 Å². The minimum atomic E-state index is -4.59. The predicted molar refractivity (Wildman–Crippen MR) is 89.3 cm³/mol. The highest BCUT2D eigenvalue weighted by Crippen LogP contribution is 2.35. The Morgan fingerprint density at radius 2 is 1.85 bits per heavy atom. The largest absolute Gasteiger partial charge is 0.471 e. The molecule has 10 heteroatoms. The first-order valence-corrected chi connectivity index (χ1v) is 9.55. The van der Waals surface area contributed by atoms with Gasteiger partial charge in [0.2, 0.25) is 15.9 Å². The highest BCUT2D eigenvalue weighted by atomic mass is 35.5. The van der Waals surface area contributed by atoms with Crippen LogP contribution < -0.4 is 4.74 Å². The van der Waals surface area contributed by atoms with Crippen molar-refractivity contribution < 1.29 is 26.3 Å². The first-order valence-electron chi connectivity index (χ1n) is 7.56. The van der Waals surface area contributed by atoms with E-state index < -0.39 is 33.7 Å². The molecule has 0 N–H and O–H groups in total. The molecule has 26 heavy (non-hydrogen) atoms. The van der Waals surface area contributed by atoms with Gasteiger partial charge in [0.15, 0.2) is 0 Å². The Bertz CT molecular complexity index is 882. The normalized spacial score (nSPS) is 16.3. The van der Waals surface area contributed by atoms with Crippen molar-refractivity contribution in [3.63, 3.8) is 0 Å². The van der Waals surface area contributed by atoms with Gasteiger partial charge in [-0.2, -0.15) is 17.5 Å². The van der Waals surface area contributed by atoms with Crippen molar-refractivity contribution in [2.24, 2.45) is 0 Å². The fourth-order valence-corrected chi connectivity index (χ4v) is 4.15. The lowest BCUT2D eigenvalue weighted by atomic mass is 10.2. The van der Waals surface area contributed by atoms with Gasteiger partial charge in [0, 0.05) is 11.2 Å². The molecule has 0 unspecified atom stereocenters. The van der Waals surface area contributed by atoms with E-state index in [1.165, 1.54) is 16.6 Å². The van der Waals surface area contributed by atoms with Crippen molar-refractivity contribution in [1.29, 1.82) is 0 Å². The van der Waals surface area contributed by atoms with Crippen molar-refractivity contribution in [3.05, 3.63) is 58.7 Å². The van der Waals surface area contributed by atoms with Crippen LogP contribution in [0, 0.1) is 0 Å². The van der Waals surface area contributed by atoms with E-state index in [4.69, 9.17) is 16.3 Å². The Kier molecular flexibility index (Phi) is 5.14. The van der Waals surface area contributed by atoms with Gasteiger partial charge in [0.05, 0.1) is 18.8 Å². The number of halogens is 4. The molecule has 1 aliphatic rings. The van der Waals surface area contributed by atoms with Crippen molar-refractivity contribution in [2.45, 2.75) is 18.0 Å². The molecule has 1 aliphatic heterocycles. The minimum absolute atomic E-state index is 0.0240. The predicted octanol–water partition coefficient (Wildman–Crippen LogP) is 3.35. The molecular weight excluding hydrogens is 393 g/mol. The Labute approximate surface area is 153 Å². The van der Waals surface area contributed by atoms with Crippen molar-refractivity contribution in [2.75, 3.05) is 13.1 Å². The van der Waals surface area contributed by atoms with Crippen LogP contribution in [-0.2, 0) is 22.0 Å². The standard InChI is InChI=1S/C16H14ClF3N2O3S/c17-12-5-3-11(4-6-12)10-26(23,24)22-8-13(9-22)25-15-14(16(18,19)20)2-1-7-21-15/h1-7,13H,8-10H2. The molecule has 0 bridgehead atoms. The lowest BCUT2D eigenvalue weighted by molar-refractivity contribution is -0.140. The zero-order valence-corrected chi connectivity index (χ0v) is 14.9. The number of sulfonamides is 1. The summed E-state index contributed by atoms with van der Waals surface area (Å²) in [5.74, 6) is -0.756. The molecule has 1 saturated heterocycles. The van der Waals surface area contributed by atoms with E-state index in [1.807, 2.05) is 0 Å². The zero-order valence-electron chi connectivity index (χ0n) is 13.3. The van der Waals surface area contributed by atoms with E-state index in [2.05, 4.69) is 4.98 Å². The summed E-state index contributed by atoms with van der Waals surface area (Å²) in [6.07, 6.45) is -4.07. The van der Waals surface area contributed by atoms with Crippen molar-refractivity contribution in [3.8, 4) is 5.88 Å². The van der Waals surface area contributed by atoms with Crippen LogP contribution in [0.2, 0.25) is 5.02 Å². The van der Waals surface area contributed by atoms with Gasteiger partial charge < -0.3 is 4.74 Å². The van der Waals surface area contributed by atoms with Crippen LogP contribution >= 0.6 is 11.6 Å². The molecule has 140 valence electrons. The van der Waals surface area contributed by atoms with E-state index in [0.29, 0.717) is 10.6 Å². The van der Waals surface area contributed by atoms with Gasteiger partial charge in [-0.15, -0.1) is 0 Å². The average molecular weight is 407 g/mol. The highest BCUT2D eigenvalue weighted by Gasteiger charge is 2.40. The Hall–Kier alpha value is -1.84. The van der Waals surface area contributed by atoms with Gasteiger partial charge in [-0.1, -0.05) is 23.7 Å². The van der Waals surface area contributed by atoms with Crippen LogP contribution in [0.5, 0.6) is 5.88 Å². The second-order valence-corrected chi connectivity index (χ2v) is 8.20. The van der Waals surface area contributed by atoms with Gasteiger partial charge >= 0.3 is 6.18 Å². The quantitative estimate of drug-likeness (QED) is 0.764. The molecule has 0 amide bonds. The molecule has 1 aromatic carbocycles. The SMILES string of the molecule is O=S(=O)(Cc1ccc(Cl)cc1)N1CC(Oc2ncccc2C(F)(F)F)C1. The summed E-state index contributed by atoms with van der Waals surface area (Å²) in [4.78, 5) is 3.61. The molecule has 3 rings (SSSR count). The smallest absolute Gasteiger partial charge is 0.421 e. The number of nitrogens with zero attached hydrogens (tertiary/aromatic N) is 2. The molecular formula is C16H14ClF3N2O3S. The molecule has 0 saturated carbocycles. The molecule has 0 atom stereocenters. The van der Waals surface area contributed by atoms with E-state index in [0.717, 1.165) is 6.07 Å². The van der Waals surface area contributed by atoms with Gasteiger partial charge in [0.25, 0.3) is 0 Å². The number of ether oxygens (including phenoxy) is 1. The first kappa shape index (κ1) is 18.9. The Balaban J connectivity index is 1.61. The van der Waals surface area contributed by atoms with E-state index in [-0.39, 0.29) is 18.8 Å². The highest BCUT2D eigenvalue weighted by molar-refractivity contribution is 7.88. The number of aromatic nitrogens is 1. The van der Waals surface area contributed by atoms with Crippen molar-refractivity contribution in [1.82, 2.24) is 9.29 Å². The van der Waals surface area contributed by atoms with Gasteiger partial charge in [-0.25, -0.2) is 13.4 Å². The average Bonchev–Trinajstić information content (AvgIpc) is 2.52.